The minimum Gasteiger partial charge on any atom is -0.466 e. The molecule has 0 spiro atoms. The molecule has 1 amide bonds. The largest absolute Gasteiger partial charge is 0.466 e. The zero-order chi connectivity index (χ0) is 13.5. The highest BCUT2D eigenvalue weighted by atomic mass is 16.5. The molecule has 0 saturated carbocycles. The minimum absolute atomic E-state index is 0.0798. The number of amides is 1. The molecule has 1 aromatic heterocycles. The summed E-state index contributed by atoms with van der Waals surface area (Å²) < 4.78 is 9.41. The van der Waals surface area contributed by atoms with Crippen molar-refractivity contribution in [3.05, 3.63) is 22.5 Å². The van der Waals surface area contributed by atoms with Gasteiger partial charge in [0.2, 0.25) is 5.76 Å². The Kier molecular flexibility index (Phi) is 5.16. The zero-order valence-corrected chi connectivity index (χ0v) is 10.3. The van der Waals surface area contributed by atoms with Crippen LogP contribution >= 0.6 is 0 Å². The third-order valence-corrected chi connectivity index (χ3v) is 2.30. The predicted molar refractivity (Wildman–Crippen MR) is 62.1 cm³/mol. The van der Waals surface area contributed by atoms with Gasteiger partial charge in [-0.15, -0.1) is 0 Å². The second kappa shape index (κ2) is 6.63. The summed E-state index contributed by atoms with van der Waals surface area (Å²) >= 11 is 0. The van der Waals surface area contributed by atoms with Gasteiger partial charge in [-0.2, -0.15) is 0 Å². The third-order valence-electron chi connectivity index (χ3n) is 2.30. The summed E-state index contributed by atoms with van der Waals surface area (Å²) in [6, 6.07) is 0. The van der Waals surface area contributed by atoms with Crippen molar-refractivity contribution in [2.24, 2.45) is 5.92 Å². The van der Waals surface area contributed by atoms with E-state index in [4.69, 9.17) is 4.74 Å². The molecule has 100 valence electrons. The van der Waals surface area contributed by atoms with E-state index < -0.39 is 11.7 Å². The second-order valence-corrected chi connectivity index (χ2v) is 3.74. The highest BCUT2D eigenvalue weighted by Gasteiger charge is 2.15. The molecule has 7 heteroatoms. The molecule has 0 aliphatic carbocycles. The van der Waals surface area contributed by atoms with Gasteiger partial charge in [-0.25, -0.2) is 4.79 Å². The summed E-state index contributed by atoms with van der Waals surface area (Å²) in [5.41, 5.74) is 0. The second-order valence-electron chi connectivity index (χ2n) is 3.74. The Labute approximate surface area is 104 Å². The Hall–Kier alpha value is -2.05. The number of carbonyl (C=O) groups is 2. The van der Waals surface area contributed by atoms with Crippen LogP contribution < -0.4 is 11.1 Å². The van der Waals surface area contributed by atoms with Crippen LogP contribution in [0.2, 0.25) is 0 Å². The Bertz CT molecular complexity index is 462. The molecule has 18 heavy (non-hydrogen) atoms. The third kappa shape index (κ3) is 4.08. The van der Waals surface area contributed by atoms with Crippen LogP contribution in [0.4, 0.5) is 0 Å². The first kappa shape index (κ1) is 14.0. The number of aromatic nitrogens is 1. The van der Waals surface area contributed by atoms with Crippen LogP contribution in [0.3, 0.4) is 0 Å². The maximum atomic E-state index is 11.5. The van der Waals surface area contributed by atoms with E-state index in [1.54, 1.807) is 13.8 Å². The van der Waals surface area contributed by atoms with Crippen LogP contribution in [-0.2, 0) is 9.53 Å². The molecule has 0 unspecified atom stereocenters. The maximum Gasteiger partial charge on any atom is 0.416 e. The highest BCUT2D eigenvalue weighted by molar-refractivity contribution is 5.90. The van der Waals surface area contributed by atoms with Gasteiger partial charge < -0.3 is 14.5 Å². The number of nitrogens with one attached hydrogen (secondary N) is 2. The molecule has 1 aromatic rings. The number of H-pyrrole nitrogens is 1. The number of oxazole rings is 1. The summed E-state index contributed by atoms with van der Waals surface area (Å²) in [6.07, 6.45) is 1.64. The van der Waals surface area contributed by atoms with E-state index in [0.717, 1.165) is 0 Å². The van der Waals surface area contributed by atoms with Crippen LogP contribution in [0.25, 0.3) is 0 Å². The van der Waals surface area contributed by atoms with Gasteiger partial charge in [0.1, 0.15) is 0 Å². The lowest BCUT2D eigenvalue weighted by atomic mass is 10.1. The van der Waals surface area contributed by atoms with Crippen molar-refractivity contribution in [1.82, 2.24) is 10.3 Å². The molecular formula is C11H16N2O5. The summed E-state index contributed by atoms with van der Waals surface area (Å²) in [5, 5.41) is 2.54. The number of hydrogen-bond acceptors (Lipinski definition) is 5. The lowest BCUT2D eigenvalue weighted by Crippen LogP contribution is -2.27. The van der Waals surface area contributed by atoms with Crippen LogP contribution in [0.15, 0.2) is 15.4 Å². The van der Waals surface area contributed by atoms with Crippen LogP contribution in [0.5, 0.6) is 0 Å². The average Bonchev–Trinajstić information content (AvgIpc) is 2.76. The Morgan fingerprint density at radius 1 is 1.56 bits per heavy atom. The molecule has 1 heterocycles. The molecule has 0 fully saturated rings. The number of carbonyl (C=O) groups excluding carboxylic acids is 2. The van der Waals surface area contributed by atoms with Gasteiger partial charge >= 0.3 is 11.7 Å². The normalized spacial score (nSPS) is 11.9. The van der Waals surface area contributed by atoms with Gasteiger partial charge in [0.15, 0.2) is 0 Å². The van der Waals surface area contributed by atoms with Crippen molar-refractivity contribution >= 4 is 11.9 Å². The molecule has 0 radical (unpaired) electrons. The number of esters is 1. The molecule has 1 atom stereocenters. The quantitative estimate of drug-likeness (QED) is 0.712. The summed E-state index contributed by atoms with van der Waals surface area (Å²) in [7, 11) is 0. The first-order chi connectivity index (χ1) is 8.54. The average molecular weight is 256 g/mol. The van der Waals surface area contributed by atoms with Crippen LogP contribution in [0.1, 0.15) is 30.8 Å². The van der Waals surface area contributed by atoms with Gasteiger partial charge in [-0.05, 0) is 13.3 Å². The van der Waals surface area contributed by atoms with Crippen molar-refractivity contribution in [3.8, 4) is 0 Å². The van der Waals surface area contributed by atoms with E-state index in [9.17, 15) is 14.4 Å². The smallest absolute Gasteiger partial charge is 0.416 e. The van der Waals surface area contributed by atoms with Crippen LogP contribution in [-0.4, -0.2) is 30.0 Å². The van der Waals surface area contributed by atoms with Crippen molar-refractivity contribution < 1.29 is 18.7 Å². The minimum atomic E-state index is -0.681. The molecule has 0 aliphatic rings. The Morgan fingerprint density at radius 3 is 2.83 bits per heavy atom. The van der Waals surface area contributed by atoms with E-state index in [0.29, 0.717) is 19.6 Å². The van der Waals surface area contributed by atoms with Crippen molar-refractivity contribution in [1.29, 1.82) is 0 Å². The van der Waals surface area contributed by atoms with E-state index in [2.05, 4.69) is 14.7 Å². The fourth-order valence-electron chi connectivity index (χ4n) is 1.29. The highest BCUT2D eigenvalue weighted by Crippen LogP contribution is 2.03. The fourth-order valence-corrected chi connectivity index (χ4v) is 1.29. The molecule has 0 aromatic carbocycles. The summed E-state index contributed by atoms with van der Waals surface area (Å²) in [4.78, 5) is 35.6. The van der Waals surface area contributed by atoms with Gasteiger partial charge in [0.05, 0.1) is 18.7 Å². The fraction of sp³-hybridized carbons (Fsp3) is 0.545. The topological polar surface area (TPSA) is 101 Å². The molecule has 0 saturated heterocycles. The van der Waals surface area contributed by atoms with E-state index in [1.807, 2.05) is 0 Å². The van der Waals surface area contributed by atoms with Crippen LogP contribution in [0, 0.1) is 5.92 Å². The van der Waals surface area contributed by atoms with E-state index >= 15 is 0 Å². The van der Waals surface area contributed by atoms with Crippen molar-refractivity contribution in [2.45, 2.75) is 20.3 Å². The molecule has 7 nitrogen and oxygen atoms in total. The molecular weight excluding hydrogens is 240 g/mol. The SMILES string of the molecule is CCOC(=O)[C@H](C)CCNC(=O)c1c[nH]c(=O)o1. The van der Waals surface area contributed by atoms with Gasteiger partial charge in [0, 0.05) is 6.54 Å². The van der Waals surface area contributed by atoms with Gasteiger partial charge in [-0.1, -0.05) is 6.92 Å². The number of aromatic amines is 1. The zero-order valence-electron chi connectivity index (χ0n) is 10.3. The number of hydrogen-bond donors (Lipinski definition) is 2. The molecule has 2 N–H and O–H groups in total. The van der Waals surface area contributed by atoms with Gasteiger partial charge in [0.25, 0.3) is 5.91 Å². The number of rotatable bonds is 6. The standard InChI is InChI=1S/C11H16N2O5/c1-3-17-10(15)7(2)4-5-12-9(14)8-6-13-11(16)18-8/h6-7H,3-5H2,1-2H3,(H,12,14)(H,13,16)/t7-/m1/s1. The molecule has 0 aliphatic heterocycles. The van der Waals surface area contributed by atoms with E-state index in [1.165, 1.54) is 6.20 Å². The lowest BCUT2D eigenvalue weighted by molar-refractivity contribution is -0.147. The number of ether oxygens (including phenoxy) is 1. The van der Waals surface area contributed by atoms with E-state index in [-0.39, 0.29) is 17.6 Å². The van der Waals surface area contributed by atoms with Gasteiger partial charge in [-0.3, -0.25) is 14.6 Å². The Balaban J connectivity index is 2.31. The summed E-state index contributed by atoms with van der Waals surface area (Å²) in [5.74, 6) is -1.84. The van der Waals surface area contributed by atoms with Crippen molar-refractivity contribution in [3.63, 3.8) is 0 Å². The maximum absolute atomic E-state index is 11.5. The molecule has 1 rings (SSSR count). The monoisotopic (exact) mass is 256 g/mol. The predicted octanol–water partition coefficient (Wildman–Crippen LogP) is 0.287. The Morgan fingerprint density at radius 2 is 2.28 bits per heavy atom. The lowest BCUT2D eigenvalue weighted by Gasteiger charge is -2.10. The first-order valence-electron chi connectivity index (χ1n) is 5.68. The first-order valence-corrected chi connectivity index (χ1v) is 5.68. The molecule has 0 bridgehead atoms. The summed E-state index contributed by atoms with van der Waals surface area (Å²) in [6.45, 7) is 4.10. The van der Waals surface area contributed by atoms with Crippen molar-refractivity contribution in [2.75, 3.05) is 13.2 Å².